The van der Waals surface area contributed by atoms with Crippen LogP contribution in [0.5, 0.6) is 5.75 Å². The fourth-order valence-electron chi connectivity index (χ4n) is 4.32. The number of hydrogen-bond acceptors (Lipinski definition) is 4. The largest absolute Gasteiger partial charge is 0.484 e. The van der Waals surface area contributed by atoms with E-state index in [1.54, 1.807) is 41.3 Å². The van der Waals surface area contributed by atoms with Gasteiger partial charge in [0.1, 0.15) is 5.75 Å². The second kappa shape index (κ2) is 11.9. The molecule has 1 saturated heterocycles. The SMILES string of the molecule is CCc1cccc(C)c1NC(=O)COc1ccc(N2C[C@H](C(=O)NCc3ccc(Cl)cc3)CC2=O)cc1. The van der Waals surface area contributed by atoms with Gasteiger partial charge in [-0.2, -0.15) is 0 Å². The minimum atomic E-state index is -0.422. The van der Waals surface area contributed by atoms with E-state index in [-0.39, 0.29) is 30.7 Å². The molecule has 0 radical (unpaired) electrons. The lowest BCUT2D eigenvalue weighted by Gasteiger charge is -2.17. The van der Waals surface area contributed by atoms with Crippen molar-refractivity contribution >= 4 is 40.7 Å². The van der Waals surface area contributed by atoms with Crippen molar-refractivity contribution in [2.75, 3.05) is 23.4 Å². The number of amides is 3. The third-order valence-corrected chi connectivity index (χ3v) is 6.65. The third-order valence-electron chi connectivity index (χ3n) is 6.40. The lowest BCUT2D eigenvalue weighted by molar-refractivity contribution is -0.126. The van der Waals surface area contributed by atoms with E-state index in [0.29, 0.717) is 29.5 Å². The van der Waals surface area contributed by atoms with Crippen LogP contribution in [0.25, 0.3) is 0 Å². The Morgan fingerprint density at radius 2 is 1.78 bits per heavy atom. The fraction of sp³-hybridized carbons (Fsp3) is 0.276. The second-order valence-corrected chi connectivity index (χ2v) is 9.48. The first-order valence-electron chi connectivity index (χ1n) is 12.3. The number of hydrogen-bond donors (Lipinski definition) is 2. The third kappa shape index (κ3) is 6.68. The van der Waals surface area contributed by atoms with Crippen molar-refractivity contribution < 1.29 is 19.1 Å². The van der Waals surface area contributed by atoms with Crippen LogP contribution in [0.15, 0.2) is 66.7 Å². The van der Waals surface area contributed by atoms with Crippen LogP contribution in [-0.4, -0.2) is 30.9 Å². The van der Waals surface area contributed by atoms with Gasteiger partial charge in [-0.05, 0) is 66.4 Å². The van der Waals surface area contributed by atoms with Crippen LogP contribution in [0.4, 0.5) is 11.4 Å². The maximum absolute atomic E-state index is 12.6. The molecule has 4 rings (SSSR count). The van der Waals surface area contributed by atoms with Crippen LogP contribution in [0.3, 0.4) is 0 Å². The Balaban J connectivity index is 1.28. The molecule has 3 aromatic carbocycles. The highest BCUT2D eigenvalue weighted by molar-refractivity contribution is 6.30. The zero-order chi connectivity index (χ0) is 26.4. The molecule has 1 fully saturated rings. The van der Waals surface area contributed by atoms with E-state index in [0.717, 1.165) is 28.8 Å². The first-order valence-corrected chi connectivity index (χ1v) is 12.7. The first-order chi connectivity index (χ1) is 17.8. The number of aryl methyl sites for hydroxylation is 2. The Hall–Kier alpha value is -3.84. The van der Waals surface area contributed by atoms with Gasteiger partial charge >= 0.3 is 0 Å². The van der Waals surface area contributed by atoms with Gasteiger partial charge in [-0.15, -0.1) is 0 Å². The van der Waals surface area contributed by atoms with Gasteiger partial charge in [-0.3, -0.25) is 14.4 Å². The number of nitrogens with zero attached hydrogens (tertiary/aromatic N) is 1. The van der Waals surface area contributed by atoms with Crippen molar-refractivity contribution in [3.63, 3.8) is 0 Å². The molecule has 1 heterocycles. The summed E-state index contributed by atoms with van der Waals surface area (Å²) < 4.78 is 5.65. The van der Waals surface area contributed by atoms with Gasteiger partial charge in [0.15, 0.2) is 6.61 Å². The van der Waals surface area contributed by atoms with Crippen LogP contribution >= 0.6 is 11.6 Å². The van der Waals surface area contributed by atoms with Crippen molar-refractivity contribution in [1.82, 2.24) is 5.32 Å². The highest BCUT2D eigenvalue weighted by atomic mass is 35.5. The van der Waals surface area contributed by atoms with Gasteiger partial charge in [0.2, 0.25) is 11.8 Å². The van der Waals surface area contributed by atoms with Crippen LogP contribution in [0.1, 0.15) is 30.0 Å². The van der Waals surface area contributed by atoms with Gasteiger partial charge in [0, 0.05) is 35.9 Å². The Morgan fingerprint density at radius 1 is 1.05 bits per heavy atom. The number of rotatable bonds is 9. The number of carbonyl (C=O) groups is 3. The lowest BCUT2D eigenvalue weighted by atomic mass is 10.1. The molecular formula is C29H30ClN3O4. The maximum atomic E-state index is 12.6. The number of para-hydroxylation sites is 1. The summed E-state index contributed by atoms with van der Waals surface area (Å²) in [6.45, 7) is 4.56. The highest BCUT2D eigenvalue weighted by Gasteiger charge is 2.35. The summed E-state index contributed by atoms with van der Waals surface area (Å²) in [5, 5.41) is 6.48. The summed E-state index contributed by atoms with van der Waals surface area (Å²) in [6, 6.07) is 20.1. The predicted octanol–water partition coefficient (Wildman–Crippen LogP) is 4.90. The molecule has 0 spiro atoms. The summed E-state index contributed by atoms with van der Waals surface area (Å²) in [7, 11) is 0. The highest BCUT2D eigenvalue weighted by Crippen LogP contribution is 2.27. The Morgan fingerprint density at radius 3 is 2.49 bits per heavy atom. The van der Waals surface area contributed by atoms with Gasteiger partial charge in [0.05, 0.1) is 5.92 Å². The minimum absolute atomic E-state index is 0.107. The molecule has 0 bridgehead atoms. The van der Waals surface area contributed by atoms with E-state index in [9.17, 15) is 14.4 Å². The molecule has 8 heteroatoms. The molecule has 0 aliphatic carbocycles. The van der Waals surface area contributed by atoms with E-state index in [1.165, 1.54) is 0 Å². The topological polar surface area (TPSA) is 87.7 Å². The number of halogens is 1. The summed E-state index contributed by atoms with van der Waals surface area (Å²) in [5.74, 6) is -0.409. The van der Waals surface area contributed by atoms with E-state index in [4.69, 9.17) is 16.3 Å². The zero-order valence-electron chi connectivity index (χ0n) is 20.9. The molecule has 0 unspecified atom stereocenters. The molecule has 0 aromatic heterocycles. The first kappa shape index (κ1) is 26.2. The summed E-state index contributed by atoms with van der Waals surface area (Å²) >= 11 is 5.90. The number of benzene rings is 3. The Bertz CT molecular complexity index is 1280. The van der Waals surface area contributed by atoms with E-state index < -0.39 is 5.92 Å². The smallest absolute Gasteiger partial charge is 0.262 e. The van der Waals surface area contributed by atoms with E-state index in [2.05, 4.69) is 10.6 Å². The van der Waals surface area contributed by atoms with Crippen LogP contribution in [0, 0.1) is 12.8 Å². The van der Waals surface area contributed by atoms with Crippen LogP contribution in [0.2, 0.25) is 5.02 Å². The summed E-state index contributed by atoms with van der Waals surface area (Å²) in [4.78, 5) is 39.3. The minimum Gasteiger partial charge on any atom is -0.484 e. The van der Waals surface area contributed by atoms with E-state index >= 15 is 0 Å². The van der Waals surface area contributed by atoms with Crippen molar-refractivity contribution in [1.29, 1.82) is 0 Å². The van der Waals surface area contributed by atoms with E-state index in [1.807, 2.05) is 44.2 Å². The second-order valence-electron chi connectivity index (χ2n) is 9.04. The quantitative estimate of drug-likeness (QED) is 0.421. The molecule has 192 valence electrons. The average Bonchev–Trinajstić information content (AvgIpc) is 3.30. The van der Waals surface area contributed by atoms with Crippen LogP contribution < -0.4 is 20.3 Å². The monoisotopic (exact) mass is 519 g/mol. The normalized spacial score (nSPS) is 14.9. The fourth-order valence-corrected chi connectivity index (χ4v) is 4.44. The van der Waals surface area contributed by atoms with Crippen molar-refractivity contribution in [3.8, 4) is 5.75 Å². The van der Waals surface area contributed by atoms with Gasteiger partial charge in [-0.1, -0.05) is 48.9 Å². The van der Waals surface area contributed by atoms with Gasteiger partial charge in [0.25, 0.3) is 5.91 Å². The molecule has 3 amide bonds. The molecule has 1 aliphatic rings. The van der Waals surface area contributed by atoms with Crippen LogP contribution in [-0.2, 0) is 27.3 Å². The Labute approximate surface area is 221 Å². The molecule has 3 aromatic rings. The molecule has 1 aliphatic heterocycles. The molecular weight excluding hydrogens is 490 g/mol. The number of anilines is 2. The van der Waals surface area contributed by atoms with Crippen molar-refractivity contribution in [3.05, 3.63) is 88.4 Å². The molecule has 37 heavy (non-hydrogen) atoms. The molecule has 1 atom stereocenters. The zero-order valence-corrected chi connectivity index (χ0v) is 21.7. The molecule has 0 saturated carbocycles. The Kier molecular flexibility index (Phi) is 8.46. The maximum Gasteiger partial charge on any atom is 0.262 e. The predicted molar refractivity (Wildman–Crippen MR) is 145 cm³/mol. The number of carbonyl (C=O) groups excluding carboxylic acids is 3. The van der Waals surface area contributed by atoms with Crippen molar-refractivity contribution in [2.24, 2.45) is 5.92 Å². The molecule has 2 N–H and O–H groups in total. The van der Waals surface area contributed by atoms with Gasteiger partial charge < -0.3 is 20.3 Å². The van der Waals surface area contributed by atoms with Gasteiger partial charge in [-0.25, -0.2) is 0 Å². The number of nitrogens with one attached hydrogen (secondary N) is 2. The summed E-state index contributed by atoms with van der Waals surface area (Å²) in [6.07, 6.45) is 0.975. The standard InChI is InChI=1S/C29H30ClN3O4/c1-3-21-6-4-5-19(2)28(21)32-26(34)18-37-25-13-11-24(12-14-25)33-17-22(15-27(33)35)29(36)31-16-20-7-9-23(30)10-8-20/h4-14,22H,3,15-18H2,1-2H3,(H,31,36)(H,32,34)/t22-/m1/s1. The average molecular weight is 520 g/mol. The summed E-state index contributed by atoms with van der Waals surface area (Å²) in [5.41, 5.74) is 4.53. The van der Waals surface area contributed by atoms with Crippen molar-refractivity contribution in [2.45, 2.75) is 33.2 Å². The number of ether oxygens (including phenoxy) is 1. The molecule has 7 nitrogen and oxygen atoms in total. The lowest BCUT2D eigenvalue weighted by Crippen LogP contribution is -2.32.